The van der Waals surface area contributed by atoms with Crippen LogP contribution in [0, 0.1) is 0 Å². The number of rotatable bonds is 0. The van der Waals surface area contributed by atoms with Crippen molar-refractivity contribution in [3.63, 3.8) is 0 Å². The van der Waals surface area contributed by atoms with Gasteiger partial charge >= 0.3 is 5.97 Å². The molecular formula is C3H2I2O2. The van der Waals surface area contributed by atoms with Crippen LogP contribution in [0.2, 0.25) is 0 Å². The van der Waals surface area contributed by atoms with Crippen LogP contribution >= 0.6 is 45.2 Å². The molecule has 1 heterocycles. The van der Waals surface area contributed by atoms with Crippen LogP contribution in [0.3, 0.4) is 0 Å². The quantitative estimate of drug-likeness (QED) is 0.379. The zero-order valence-corrected chi connectivity index (χ0v) is 7.59. The van der Waals surface area contributed by atoms with Gasteiger partial charge in [-0.25, -0.2) is 4.79 Å². The van der Waals surface area contributed by atoms with Gasteiger partial charge in [0.25, 0.3) is 0 Å². The molecule has 0 spiro atoms. The van der Waals surface area contributed by atoms with E-state index in [1.807, 2.05) is 0 Å². The normalized spacial score (nSPS) is 25.7. The van der Waals surface area contributed by atoms with Crippen molar-refractivity contribution in [3.05, 3.63) is 0 Å². The van der Waals surface area contributed by atoms with Crippen LogP contribution in [-0.2, 0) is 9.53 Å². The summed E-state index contributed by atoms with van der Waals surface area (Å²) in [5.41, 5.74) is 0. The number of cyclic esters (lactones) is 1. The molecule has 0 aromatic heterocycles. The first-order valence-corrected chi connectivity index (χ1v) is 3.84. The predicted octanol–water partition coefficient (Wildman–Crippen LogP) is 1.11. The molecule has 1 aliphatic rings. The van der Waals surface area contributed by atoms with Crippen LogP contribution in [0.4, 0.5) is 0 Å². The number of halogens is 2. The second-order valence-corrected chi connectivity index (χ2v) is 7.03. The number of hydrogen-bond acceptors (Lipinski definition) is 2. The Hall–Kier alpha value is 0.930. The number of carbonyl (C=O) groups excluding carboxylic acids is 1. The standard InChI is InChI=1S/C3H2I2O2/c4-3(5)1-7-2(3)6/h1H2. The highest BCUT2D eigenvalue weighted by molar-refractivity contribution is 14.2. The third kappa shape index (κ3) is 1.01. The lowest BCUT2D eigenvalue weighted by molar-refractivity contribution is -0.155. The second kappa shape index (κ2) is 1.71. The smallest absolute Gasteiger partial charge is 0.335 e. The first-order valence-electron chi connectivity index (χ1n) is 1.68. The Balaban J connectivity index is 2.59. The van der Waals surface area contributed by atoms with E-state index in [-0.39, 0.29) is 7.40 Å². The SMILES string of the molecule is O=C1OCC1(I)I. The van der Waals surface area contributed by atoms with Crippen molar-refractivity contribution in [3.8, 4) is 0 Å². The predicted molar refractivity (Wildman–Crippen MR) is 41.7 cm³/mol. The highest BCUT2D eigenvalue weighted by Gasteiger charge is 2.44. The minimum absolute atomic E-state index is 0.103. The summed E-state index contributed by atoms with van der Waals surface area (Å²) in [4.78, 5) is 10.3. The molecule has 0 saturated carbocycles. The second-order valence-electron chi connectivity index (χ2n) is 1.28. The van der Waals surface area contributed by atoms with E-state index in [0.717, 1.165) is 0 Å². The fraction of sp³-hybridized carbons (Fsp3) is 0.667. The molecule has 1 fully saturated rings. The van der Waals surface area contributed by atoms with E-state index in [2.05, 4.69) is 49.9 Å². The summed E-state index contributed by atoms with van der Waals surface area (Å²) in [7, 11) is 0. The third-order valence-electron chi connectivity index (χ3n) is 0.683. The molecule has 7 heavy (non-hydrogen) atoms. The zero-order valence-electron chi connectivity index (χ0n) is 3.28. The number of esters is 1. The largest absolute Gasteiger partial charge is 0.461 e. The van der Waals surface area contributed by atoms with Gasteiger partial charge < -0.3 is 4.74 Å². The molecule has 1 saturated heterocycles. The van der Waals surface area contributed by atoms with Gasteiger partial charge in [-0.3, -0.25) is 0 Å². The van der Waals surface area contributed by atoms with Crippen LogP contribution in [0.25, 0.3) is 0 Å². The van der Waals surface area contributed by atoms with Gasteiger partial charge in [-0.2, -0.15) is 0 Å². The summed E-state index contributed by atoms with van der Waals surface area (Å²) < 4.78 is 4.25. The van der Waals surface area contributed by atoms with E-state index in [0.29, 0.717) is 6.61 Å². The maximum absolute atomic E-state index is 10.3. The Morgan fingerprint density at radius 3 is 2.14 bits per heavy atom. The maximum Gasteiger partial charge on any atom is 0.335 e. The van der Waals surface area contributed by atoms with Crippen molar-refractivity contribution in [2.24, 2.45) is 0 Å². The lowest BCUT2D eigenvalue weighted by Crippen LogP contribution is -2.43. The fourth-order valence-electron chi connectivity index (χ4n) is 0.240. The van der Waals surface area contributed by atoms with Gasteiger partial charge in [0.1, 0.15) is 6.61 Å². The van der Waals surface area contributed by atoms with Gasteiger partial charge in [0.15, 0.2) is 0 Å². The molecule has 0 aromatic carbocycles. The summed E-state index contributed by atoms with van der Waals surface area (Å²) in [5.74, 6) is -0.103. The highest BCUT2D eigenvalue weighted by atomic mass is 127. The topological polar surface area (TPSA) is 26.3 Å². The highest BCUT2D eigenvalue weighted by Crippen LogP contribution is 2.36. The molecule has 0 bridgehead atoms. The summed E-state index contributed by atoms with van der Waals surface area (Å²) >= 11 is 4.13. The molecule has 0 amide bonds. The van der Waals surface area contributed by atoms with Gasteiger partial charge in [0.05, 0.1) is 0 Å². The van der Waals surface area contributed by atoms with Crippen LogP contribution < -0.4 is 0 Å². The molecule has 1 aliphatic heterocycles. The van der Waals surface area contributed by atoms with Crippen molar-refractivity contribution in [2.75, 3.05) is 6.61 Å². The average Bonchev–Trinajstić information content (AvgIpc) is 1.63. The molecule has 0 unspecified atom stereocenters. The van der Waals surface area contributed by atoms with E-state index < -0.39 is 0 Å². The van der Waals surface area contributed by atoms with Gasteiger partial charge in [0, 0.05) is 0 Å². The summed E-state index contributed by atoms with van der Waals surface area (Å²) in [6.07, 6.45) is 0. The number of hydrogen-bond donors (Lipinski definition) is 0. The zero-order chi connectivity index (χ0) is 5.49. The summed E-state index contributed by atoms with van der Waals surface area (Å²) in [6.45, 7) is 0.562. The first-order chi connectivity index (χ1) is 3.13. The molecule has 40 valence electrons. The van der Waals surface area contributed by atoms with Crippen LogP contribution in [0.5, 0.6) is 0 Å². The molecule has 0 radical (unpaired) electrons. The molecule has 0 aromatic rings. The average molecular weight is 324 g/mol. The van der Waals surface area contributed by atoms with Crippen LogP contribution in [-0.4, -0.2) is 14.0 Å². The number of ether oxygens (including phenoxy) is 1. The van der Waals surface area contributed by atoms with Crippen molar-refractivity contribution in [2.45, 2.75) is 1.43 Å². The molecule has 1 rings (SSSR count). The molecular weight excluding hydrogens is 322 g/mol. The number of carbonyl (C=O) groups is 1. The lowest BCUT2D eigenvalue weighted by Gasteiger charge is -2.27. The molecule has 4 heteroatoms. The van der Waals surface area contributed by atoms with Gasteiger partial charge in [0.2, 0.25) is 1.43 Å². The Kier molecular flexibility index (Phi) is 1.48. The minimum atomic E-state index is -0.241. The van der Waals surface area contributed by atoms with Gasteiger partial charge in [-0.15, -0.1) is 0 Å². The van der Waals surface area contributed by atoms with Gasteiger partial charge in [-0.05, 0) is 0 Å². The Labute approximate surface area is 68.3 Å². The third-order valence-corrected chi connectivity index (χ3v) is 2.19. The van der Waals surface area contributed by atoms with E-state index in [9.17, 15) is 4.79 Å². The lowest BCUT2D eigenvalue weighted by atomic mass is 10.4. The van der Waals surface area contributed by atoms with E-state index >= 15 is 0 Å². The van der Waals surface area contributed by atoms with Gasteiger partial charge in [-0.1, -0.05) is 45.2 Å². The minimum Gasteiger partial charge on any atom is -0.461 e. The first kappa shape index (κ1) is 6.06. The van der Waals surface area contributed by atoms with Crippen molar-refractivity contribution in [1.82, 2.24) is 0 Å². The molecule has 0 atom stereocenters. The maximum atomic E-state index is 10.3. The van der Waals surface area contributed by atoms with E-state index in [1.54, 1.807) is 0 Å². The number of alkyl halides is 2. The Bertz CT molecular complexity index is 110. The van der Waals surface area contributed by atoms with E-state index in [1.165, 1.54) is 0 Å². The Morgan fingerprint density at radius 2 is 2.14 bits per heavy atom. The van der Waals surface area contributed by atoms with Crippen LogP contribution in [0.15, 0.2) is 0 Å². The van der Waals surface area contributed by atoms with Crippen LogP contribution in [0.1, 0.15) is 0 Å². The van der Waals surface area contributed by atoms with Crippen molar-refractivity contribution >= 4 is 51.2 Å². The molecule has 0 N–H and O–H groups in total. The van der Waals surface area contributed by atoms with E-state index in [4.69, 9.17) is 0 Å². The molecule has 2 nitrogen and oxygen atoms in total. The van der Waals surface area contributed by atoms with Crippen molar-refractivity contribution in [1.29, 1.82) is 0 Å². The fourth-order valence-corrected chi connectivity index (χ4v) is 0.863. The monoisotopic (exact) mass is 324 g/mol. The summed E-state index contributed by atoms with van der Waals surface area (Å²) in [6, 6.07) is 0. The Morgan fingerprint density at radius 1 is 1.71 bits per heavy atom. The summed E-state index contributed by atoms with van der Waals surface area (Å²) in [5, 5.41) is 0. The van der Waals surface area contributed by atoms with Crippen molar-refractivity contribution < 1.29 is 9.53 Å². The molecule has 0 aliphatic carbocycles.